The maximum Gasteiger partial charge on any atom is 0.165 e. The quantitative estimate of drug-likeness (QED) is 0.707. The summed E-state index contributed by atoms with van der Waals surface area (Å²) in [5.74, 6) is 0. The average molecular weight is 206 g/mol. The van der Waals surface area contributed by atoms with E-state index in [4.69, 9.17) is 18.0 Å². The maximum atomic E-state index is 5.56. The second kappa shape index (κ2) is 3.02. The second-order valence-electron chi connectivity index (χ2n) is 3.20. The minimum atomic E-state index is 0.331. The van der Waals surface area contributed by atoms with E-state index in [0.717, 1.165) is 22.6 Å². The van der Waals surface area contributed by atoms with Crippen molar-refractivity contribution in [3.05, 3.63) is 29.2 Å². The van der Waals surface area contributed by atoms with Crippen LogP contribution in [-0.2, 0) is 0 Å². The van der Waals surface area contributed by atoms with Crippen LogP contribution in [0.15, 0.2) is 12.3 Å². The van der Waals surface area contributed by atoms with Gasteiger partial charge in [0.25, 0.3) is 0 Å². The fourth-order valence-electron chi connectivity index (χ4n) is 1.44. The zero-order valence-corrected chi connectivity index (χ0v) is 8.80. The fraction of sp³-hybridized carbons (Fsp3) is 0.222. The number of nitrogens with two attached hydrogens (primary N) is 1. The Balaban J connectivity index is 2.85. The Kier molecular flexibility index (Phi) is 1.96. The first kappa shape index (κ1) is 9.08. The Bertz CT molecular complexity index is 515. The highest BCUT2D eigenvalue weighted by Gasteiger charge is 2.09. The van der Waals surface area contributed by atoms with E-state index in [1.54, 1.807) is 10.7 Å². The van der Waals surface area contributed by atoms with Gasteiger partial charge in [-0.05, 0) is 19.9 Å². The van der Waals surface area contributed by atoms with E-state index in [-0.39, 0.29) is 0 Å². The molecule has 0 bridgehead atoms. The van der Waals surface area contributed by atoms with E-state index in [1.165, 1.54) is 0 Å². The summed E-state index contributed by atoms with van der Waals surface area (Å²) >= 11 is 4.91. The van der Waals surface area contributed by atoms with Crippen molar-refractivity contribution in [2.24, 2.45) is 5.73 Å². The van der Waals surface area contributed by atoms with E-state index >= 15 is 0 Å². The van der Waals surface area contributed by atoms with Crippen molar-refractivity contribution in [1.29, 1.82) is 0 Å². The lowest BCUT2D eigenvalue weighted by Crippen LogP contribution is -2.09. The lowest BCUT2D eigenvalue weighted by molar-refractivity contribution is 0.886. The number of hydrogen-bond donors (Lipinski definition) is 1. The van der Waals surface area contributed by atoms with E-state index in [0.29, 0.717) is 4.99 Å². The average Bonchev–Trinajstić information content (AvgIpc) is 2.47. The summed E-state index contributed by atoms with van der Waals surface area (Å²) in [4.78, 5) is 4.68. The second-order valence-corrected chi connectivity index (χ2v) is 3.64. The Morgan fingerprint density at radius 3 is 2.86 bits per heavy atom. The van der Waals surface area contributed by atoms with E-state index in [2.05, 4.69) is 10.1 Å². The zero-order valence-electron chi connectivity index (χ0n) is 7.98. The van der Waals surface area contributed by atoms with Crippen LogP contribution in [0.1, 0.15) is 17.0 Å². The van der Waals surface area contributed by atoms with Crippen LogP contribution in [0.3, 0.4) is 0 Å². The molecule has 0 unspecified atom stereocenters. The van der Waals surface area contributed by atoms with Gasteiger partial charge in [-0.1, -0.05) is 12.2 Å². The molecule has 5 heteroatoms. The van der Waals surface area contributed by atoms with Crippen LogP contribution in [0.2, 0.25) is 0 Å². The van der Waals surface area contributed by atoms with Gasteiger partial charge in [-0.25, -0.2) is 9.50 Å². The molecule has 0 atom stereocenters. The van der Waals surface area contributed by atoms with Crippen LogP contribution >= 0.6 is 12.2 Å². The molecule has 0 saturated carbocycles. The Morgan fingerprint density at radius 2 is 2.21 bits per heavy atom. The SMILES string of the molecule is Cc1cc(C)n2ncc(C(N)=S)c2n1. The van der Waals surface area contributed by atoms with Gasteiger partial charge >= 0.3 is 0 Å². The number of aromatic nitrogens is 3. The lowest BCUT2D eigenvalue weighted by atomic mass is 10.3. The summed E-state index contributed by atoms with van der Waals surface area (Å²) in [6.07, 6.45) is 1.65. The molecule has 0 aliphatic heterocycles. The number of nitrogens with zero attached hydrogens (tertiary/aromatic N) is 3. The minimum absolute atomic E-state index is 0.331. The molecule has 2 rings (SSSR count). The van der Waals surface area contributed by atoms with Gasteiger partial charge in [-0.3, -0.25) is 0 Å². The molecule has 0 radical (unpaired) electrons. The largest absolute Gasteiger partial charge is 0.389 e. The molecule has 2 heterocycles. The van der Waals surface area contributed by atoms with Crippen molar-refractivity contribution in [3.63, 3.8) is 0 Å². The van der Waals surface area contributed by atoms with Gasteiger partial charge in [0.05, 0.1) is 11.8 Å². The summed E-state index contributed by atoms with van der Waals surface area (Å²) < 4.78 is 1.74. The molecule has 0 amide bonds. The first-order chi connectivity index (χ1) is 6.59. The van der Waals surface area contributed by atoms with Gasteiger partial charge in [0.2, 0.25) is 0 Å². The lowest BCUT2D eigenvalue weighted by Gasteiger charge is -2.01. The van der Waals surface area contributed by atoms with Crippen molar-refractivity contribution in [2.75, 3.05) is 0 Å². The minimum Gasteiger partial charge on any atom is -0.389 e. The van der Waals surface area contributed by atoms with Crippen LogP contribution in [0.5, 0.6) is 0 Å². The Hall–Kier alpha value is -1.49. The summed E-state index contributed by atoms with van der Waals surface area (Å²) in [7, 11) is 0. The summed E-state index contributed by atoms with van der Waals surface area (Å²) in [6.45, 7) is 3.90. The van der Waals surface area contributed by atoms with Gasteiger partial charge in [-0.2, -0.15) is 5.10 Å². The molecule has 2 aromatic rings. The molecule has 72 valence electrons. The summed E-state index contributed by atoms with van der Waals surface area (Å²) in [5, 5.41) is 4.17. The predicted molar refractivity (Wildman–Crippen MR) is 58.3 cm³/mol. The first-order valence-electron chi connectivity index (χ1n) is 4.21. The highest BCUT2D eigenvalue weighted by molar-refractivity contribution is 7.80. The molecule has 0 aromatic carbocycles. The van der Waals surface area contributed by atoms with Crippen molar-refractivity contribution >= 4 is 22.9 Å². The Morgan fingerprint density at radius 1 is 1.50 bits per heavy atom. The number of fused-ring (bicyclic) bond motifs is 1. The van der Waals surface area contributed by atoms with Crippen molar-refractivity contribution in [1.82, 2.24) is 14.6 Å². The van der Waals surface area contributed by atoms with E-state index in [1.807, 2.05) is 19.9 Å². The molecule has 4 nitrogen and oxygen atoms in total. The van der Waals surface area contributed by atoms with Crippen LogP contribution in [0.25, 0.3) is 5.65 Å². The molecule has 0 aliphatic carbocycles. The molecule has 14 heavy (non-hydrogen) atoms. The van der Waals surface area contributed by atoms with Gasteiger partial charge < -0.3 is 5.73 Å². The summed E-state index contributed by atoms with van der Waals surface area (Å²) in [6, 6.07) is 1.96. The monoisotopic (exact) mass is 206 g/mol. The third-order valence-electron chi connectivity index (χ3n) is 2.04. The molecule has 2 N–H and O–H groups in total. The standard InChI is InChI=1S/C9H10N4S/c1-5-3-6(2)13-9(12-5)7(4-11-13)8(10)14/h3-4H,1-2H3,(H2,10,14). The normalized spacial score (nSPS) is 10.7. The molecule has 0 fully saturated rings. The van der Waals surface area contributed by atoms with Gasteiger partial charge in [0.15, 0.2) is 5.65 Å². The van der Waals surface area contributed by atoms with E-state index in [9.17, 15) is 0 Å². The van der Waals surface area contributed by atoms with Crippen molar-refractivity contribution in [3.8, 4) is 0 Å². The summed E-state index contributed by atoms with van der Waals surface area (Å²) in [5.41, 5.74) is 8.98. The molecular formula is C9H10N4S. The zero-order chi connectivity index (χ0) is 10.3. The molecular weight excluding hydrogens is 196 g/mol. The smallest absolute Gasteiger partial charge is 0.165 e. The molecule has 0 aliphatic rings. The highest BCUT2D eigenvalue weighted by Crippen LogP contribution is 2.11. The number of aryl methyl sites for hydroxylation is 2. The third kappa shape index (κ3) is 1.26. The number of rotatable bonds is 1. The highest BCUT2D eigenvalue weighted by atomic mass is 32.1. The number of hydrogen-bond acceptors (Lipinski definition) is 3. The first-order valence-corrected chi connectivity index (χ1v) is 4.62. The van der Waals surface area contributed by atoms with Crippen molar-refractivity contribution < 1.29 is 0 Å². The molecule has 0 spiro atoms. The molecule has 0 saturated heterocycles. The predicted octanol–water partition coefficient (Wildman–Crippen LogP) is 0.980. The van der Waals surface area contributed by atoms with Gasteiger partial charge in [0, 0.05) is 11.4 Å². The number of thiocarbonyl (C=S) groups is 1. The fourth-order valence-corrected chi connectivity index (χ4v) is 1.59. The van der Waals surface area contributed by atoms with Crippen LogP contribution < -0.4 is 5.73 Å². The Labute approximate surface area is 86.8 Å². The van der Waals surface area contributed by atoms with Gasteiger partial charge in [0.1, 0.15) is 4.99 Å². The van der Waals surface area contributed by atoms with Crippen LogP contribution in [-0.4, -0.2) is 19.6 Å². The maximum absolute atomic E-state index is 5.56. The van der Waals surface area contributed by atoms with Crippen molar-refractivity contribution in [2.45, 2.75) is 13.8 Å². The van der Waals surface area contributed by atoms with Gasteiger partial charge in [-0.15, -0.1) is 0 Å². The third-order valence-corrected chi connectivity index (χ3v) is 2.26. The van der Waals surface area contributed by atoms with Crippen LogP contribution in [0, 0.1) is 13.8 Å². The van der Waals surface area contributed by atoms with Crippen LogP contribution in [0.4, 0.5) is 0 Å². The van der Waals surface area contributed by atoms with E-state index < -0.39 is 0 Å². The molecule has 2 aromatic heterocycles. The topological polar surface area (TPSA) is 56.2 Å².